The third kappa shape index (κ3) is 5.41. The molecule has 1 amide bonds. The summed E-state index contributed by atoms with van der Waals surface area (Å²) >= 11 is 0. The van der Waals surface area contributed by atoms with Crippen LogP contribution in [0.4, 0.5) is 5.82 Å². The molecule has 1 aliphatic carbocycles. The van der Waals surface area contributed by atoms with E-state index in [4.69, 9.17) is 9.97 Å². The quantitative estimate of drug-likeness (QED) is 0.723. The first-order chi connectivity index (χ1) is 12.9. The van der Waals surface area contributed by atoms with Gasteiger partial charge >= 0.3 is 0 Å². The second-order valence-electron chi connectivity index (χ2n) is 8.48. The molecule has 5 nitrogen and oxygen atoms in total. The van der Waals surface area contributed by atoms with Gasteiger partial charge in [-0.1, -0.05) is 39.8 Å². The highest BCUT2D eigenvalue weighted by atomic mass is 16.1. The number of carbonyl (C=O) groups is 1. The molecule has 146 valence electrons. The van der Waals surface area contributed by atoms with E-state index in [2.05, 4.69) is 50.0 Å². The van der Waals surface area contributed by atoms with Crippen LogP contribution in [0.3, 0.4) is 0 Å². The summed E-state index contributed by atoms with van der Waals surface area (Å²) in [5.74, 6) is 3.51. The number of rotatable bonds is 9. The fourth-order valence-corrected chi connectivity index (χ4v) is 3.21. The van der Waals surface area contributed by atoms with Crippen LogP contribution in [0, 0.1) is 11.8 Å². The van der Waals surface area contributed by atoms with E-state index in [1.54, 1.807) is 0 Å². The highest BCUT2D eigenvalue weighted by molar-refractivity contribution is 5.89. The minimum absolute atomic E-state index is 0.109. The molecule has 0 radical (unpaired) electrons. The van der Waals surface area contributed by atoms with Gasteiger partial charge in [-0.3, -0.25) is 4.79 Å². The largest absolute Gasteiger partial charge is 0.356 e. The van der Waals surface area contributed by atoms with Gasteiger partial charge in [-0.2, -0.15) is 0 Å². The van der Waals surface area contributed by atoms with Gasteiger partial charge < -0.3 is 10.2 Å². The van der Waals surface area contributed by atoms with E-state index in [9.17, 15) is 4.79 Å². The van der Waals surface area contributed by atoms with Crippen LogP contribution in [0.25, 0.3) is 10.9 Å². The molecule has 0 bridgehead atoms. The van der Waals surface area contributed by atoms with Crippen LogP contribution in [0.15, 0.2) is 24.3 Å². The number of carbonyl (C=O) groups excluding carboxylic acids is 1. The van der Waals surface area contributed by atoms with Crippen molar-refractivity contribution >= 4 is 22.6 Å². The number of benzene rings is 1. The average Bonchev–Trinajstić information content (AvgIpc) is 3.47. The molecule has 1 N–H and O–H groups in total. The molecule has 1 fully saturated rings. The van der Waals surface area contributed by atoms with Crippen LogP contribution in [0.1, 0.15) is 58.7 Å². The fourth-order valence-electron chi connectivity index (χ4n) is 3.21. The zero-order valence-electron chi connectivity index (χ0n) is 17.0. The molecule has 5 heteroatoms. The summed E-state index contributed by atoms with van der Waals surface area (Å²) in [5, 5.41) is 4.09. The Bertz CT molecular complexity index is 783. The smallest absolute Gasteiger partial charge is 0.221 e. The minimum Gasteiger partial charge on any atom is -0.356 e. The summed E-state index contributed by atoms with van der Waals surface area (Å²) in [7, 11) is 0. The number of fused-ring (bicyclic) bond motifs is 1. The Morgan fingerprint density at radius 2 is 1.89 bits per heavy atom. The summed E-state index contributed by atoms with van der Waals surface area (Å²) in [6.07, 6.45) is 2.84. The highest BCUT2D eigenvalue weighted by Gasteiger charge is 2.28. The van der Waals surface area contributed by atoms with E-state index in [1.165, 1.54) is 12.8 Å². The first-order valence-electron chi connectivity index (χ1n) is 10.2. The summed E-state index contributed by atoms with van der Waals surface area (Å²) < 4.78 is 0. The number of amides is 1. The molecular weight excluding hydrogens is 336 g/mol. The lowest BCUT2D eigenvalue weighted by Crippen LogP contribution is -2.35. The van der Waals surface area contributed by atoms with Gasteiger partial charge in [0.2, 0.25) is 5.91 Å². The van der Waals surface area contributed by atoms with E-state index in [-0.39, 0.29) is 5.91 Å². The molecule has 0 aliphatic heterocycles. The van der Waals surface area contributed by atoms with Crippen molar-refractivity contribution < 1.29 is 4.79 Å². The van der Waals surface area contributed by atoms with Crippen LogP contribution in [-0.4, -0.2) is 35.5 Å². The topological polar surface area (TPSA) is 58.1 Å². The third-order valence-electron chi connectivity index (χ3n) is 4.74. The maximum Gasteiger partial charge on any atom is 0.221 e. The lowest BCUT2D eigenvalue weighted by Gasteiger charge is -2.27. The Morgan fingerprint density at radius 3 is 2.56 bits per heavy atom. The molecule has 0 saturated heterocycles. The van der Waals surface area contributed by atoms with Gasteiger partial charge in [0.15, 0.2) is 0 Å². The lowest BCUT2D eigenvalue weighted by atomic mass is 10.1. The Kier molecular flexibility index (Phi) is 6.30. The molecule has 1 heterocycles. The van der Waals surface area contributed by atoms with Gasteiger partial charge in [0.1, 0.15) is 11.6 Å². The van der Waals surface area contributed by atoms with Crippen LogP contribution in [0.2, 0.25) is 0 Å². The molecule has 2 aromatic rings. The summed E-state index contributed by atoms with van der Waals surface area (Å²) in [5.41, 5.74) is 1.00. The molecule has 27 heavy (non-hydrogen) atoms. The van der Waals surface area contributed by atoms with Gasteiger partial charge in [0.05, 0.1) is 5.52 Å². The third-order valence-corrected chi connectivity index (χ3v) is 4.74. The van der Waals surface area contributed by atoms with Crippen molar-refractivity contribution in [2.75, 3.05) is 24.5 Å². The molecule has 0 spiro atoms. The maximum absolute atomic E-state index is 12.2. The van der Waals surface area contributed by atoms with Gasteiger partial charge in [-0.15, -0.1) is 0 Å². The van der Waals surface area contributed by atoms with Crippen molar-refractivity contribution in [2.24, 2.45) is 11.8 Å². The zero-order chi connectivity index (χ0) is 19.4. The monoisotopic (exact) mass is 368 g/mol. The molecule has 1 saturated carbocycles. The summed E-state index contributed by atoms with van der Waals surface area (Å²) in [4.78, 5) is 24.3. The molecule has 1 aliphatic rings. The van der Waals surface area contributed by atoms with E-state index in [1.807, 2.05) is 12.1 Å². The summed E-state index contributed by atoms with van der Waals surface area (Å²) in [6, 6.07) is 8.22. The molecule has 1 aromatic heterocycles. The first-order valence-corrected chi connectivity index (χ1v) is 10.2. The van der Waals surface area contributed by atoms with Gasteiger partial charge in [0.25, 0.3) is 0 Å². The second-order valence-corrected chi connectivity index (χ2v) is 8.48. The van der Waals surface area contributed by atoms with Gasteiger partial charge in [-0.05, 0) is 36.8 Å². The highest BCUT2D eigenvalue weighted by Crippen LogP contribution is 2.39. The fraction of sp³-hybridized carbons (Fsp3) is 0.591. The van der Waals surface area contributed by atoms with E-state index >= 15 is 0 Å². The minimum atomic E-state index is 0.109. The number of hydrogen-bond donors (Lipinski definition) is 1. The number of aromatic nitrogens is 2. The Balaban J connectivity index is 1.84. The average molecular weight is 369 g/mol. The second kappa shape index (κ2) is 8.68. The van der Waals surface area contributed by atoms with Crippen molar-refractivity contribution in [3.05, 3.63) is 30.1 Å². The Morgan fingerprint density at radius 1 is 1.15 bits per heavy atom. The number of nitrogens with one attached hydrogen (secondary N) is 1. The Labute approximate surface area is 162 Å². The van der Waals surface area contributed by atoms with Crippen molar-refractivity contribution in [1.29, 1.82) is 0 Å². The first kappa shape index (κ1) is 19.6. The zero-order valence-corrected chi connectivity index (χ0v) is 17.0. The van der Waals surface area contributed by atoms with Gasteiger partial charge in [-0.25, -0.2) is 9.97 Å². The lowest BCUT2D eigenvalue weighted by molar-refractivity contribution is -0.121. The predicted molar refractivity (Wildman–Crippen MR) is 111 cm³/mol. The van der Waals surface area contributed by atoms with Crippen molar-refractivity contribution in [3.8, 4) is 0 Å². The van der Waals surface area contributed by atoms with E-state index in [0.29, 0.717) is 30.7 Å². The van der Waals surface area contributed by atoms with Crippen molar-refractivity contribution in [1.82, 2.24) is 15.3 Å². The summed E-state index contributed by atoms with van der Waals surface area (Å²) in [6.45, 7) is 10.9. The van der Waals surface area contributed by atoms with Crippen LogP contribution in [0.5, 0.6) is 0 Å². The molecule has 3 rings (SSSR count). The standard InChI is InChI=1S/C22H32N4O/c1-15(2)13-23-20(27)11-12-26(14-16(3)4)22-18-7-5-6-8-19(18)24-21(25-22)17-9-10-17/h5-8,15-17H,9-14H2,1-4H3,(H,23,27). The molecule has 0 atom stereocenters. The Hall–Kier alpha value is -2.17. The van der Waals surface area contributed by atoms with E-state index < -0.39 is 0 Å². The van der Waals surface area contributed by atoms with Crippen LogP contribution >= 0.6 is 0 Å². The van der Waals surface area contributed by atoms with Crippen molar-refractivity contribution in [2.45, 2.75) is 52.9 Å². The van der Waals surface area contributed by atoms with E-state index in [0.717, 1.165) is 35.6 Å². The normalized spacial score (nSPS) is 14.1. The SMILES string of the molecule is CC(C)CNC(=O)CCN(CC(C)C)c1nc(C2CC2)nc2ccccc12. The molecular formula is C22H32N4O. The number of anilines is 1. The number of hydrogen-bond acceptors (Lipinski definition) is 4. The molecule has 0 unspecified atom stereocenters. The van der Waals surface area contributed by atoms with Crippen LogP contribution < -0.4 is 10.2 Å². The predicted octanol–water partition coefficient (Wildman–Crippen LogP) is 4.13. The van der Waals surface area contributed by atoms with Crippen molar-refractivity contribution in [3.63, 3.8) is 0 Å². The molecule has 1 aromatic carbocycles. The van der Waals surface area contributed by atoms with Gasteiger partial charge in [0, 0.05) is 37.4 Å². The van der Waals surface area contributed by atoms with Crippen LogP contribution in [-0.2, 0) is 4.79 Å². The number of para-hydroxylation sites is 1. The maximum atomic E-state index is 12.2. The number of nitrogens with zero attached hydrogens (tertiary/aromatic N) is 3.